The Morgan fingerprint density at radius 2 is 1.80 bits per heavy atom. The van der Waals surface area contributed by atoms with E-state index in [9.17, 15) is 16.8 Å². The predicted molar refractivity (Wildman–Crippen MR) is 80.1 cm³/mol. The van der Waals surface area contributed by atoms with E-state index in [2.05, 4.69) is 0 Å². The Hall–Kier alpha value is -0.830. The van der Waals surface area contributed by atoms with E-state index in [1.165, 1.54) is 19.2 Å². The van der Waals surface area contributed by atoms with E-state index in [-0.39, 0.29) is 22.9 Å². The monoisotopic (exact) mass is 340 g/mol. The number of nitrogens with two attached hydrogens (primary N) is 1. The smallest absolute Gasteiger partial charge is 0.242 e. The standard InChI is InChI=1S/C11H17ClN2O4S2/c1-8-6-9(7-10(13)11(8)12)20(17,18)14(2)4-5-19(3,15)16/h6-7H,4-5,13H2,1-3H3. The van der Waals surface area contributed by atoms with Crippen molar-refractivity contribution in [2.24, 2.45) is 0 Å². The molecule has 0 aliphatic heterocycles. The fraction of sp³-hybridized carbons (Fsp3) is 0.455. The van der Waals surface area contributed by atoms with Gasteiger partial charge >= 0.3 is 0 Å². The molecule has 2 N–H and O–H groups in total. The number of anilines is 1. The normalized spacial score (nSPS) is 12.8. The number of sulfonamides is 1. The van der Waals surface area contributed by atoms with Crippen LogP contribution < -0.4 is 5.73 Å². The van der Waals surface area contributed by atoms with Crippen molar-refractivity contribution in [2.45, 2.75) is 11.8 Å². The molecule has 1 aromatic rings. The zero-order valence-corrected chi connectivity index (χ0v) is 13.8. The van der Waals surface area contributed by atoms with Gasteiger partial charge < -0.3 is 5.73 Å². The van der Waals surface area contributed by atoms with Gasteiger partial charge in [-0.3, -0.25) is 0 Å². The second-order valence-electron chi connectivity index (χ2n) is 4.60. The first kappa shape index (κ1) is 17.2. The third-order valence-electron chi connectivity index (χ3n) is 2.74. The van der Waals surface area contributed by atoms with Gasteiger partial charge in [-0.2, -0.15) is 4.31 Å². The molecule has 0 spiro atoms. The summed E-state index contributed by atoms with van der Waals surface area (Å²) in [4.78, 5) is -0.00657. The van der Waals surface area contributed by atoms with Gasteiger partial charge in [0, 0.05) is 19.8 Å². The summed E-state index contributed by atoms with van der Waals surface area (Å²) in [5.74, 6) is -0.245. The van der Waals surface area contributed by atoms with E-state index in [1.807, 2.05) is 0 Å². The third kappa shape index (κ3) is 4.08. The molecule has 0 bridgehead atoms. The lowest BCUT2D eigenvalue weighted by molar-refractivity contribution is 0.485. The van der Waals surface area contributed by atoms with Crippen LogP contribution in [0, 0.1) is 6.92 Å². The van der Waals surface area contributed by atoms with Gasteiger partial charge in [0.05, 0.1) is 21.4 Å². The van der Waals surface area contributed by atoms with Gasteiger partial charge in [0.15, 0.2) is 0 Å². The molecule has 20 heavy (non-hydrogen) atoms. The van der Waals surface area contributed by atoms with Gasteiger partial charge in [-0.25, -0.2) is 16.8 Å². The maximum absolute atomic E-state index is 12.3. The molecule has 6 nitrogen and oxygen atoms in total. The van der Waals surface area contributed by atoms with Crippen LogP contribution in [0.25, 0.3) is 0 Å². The number of rotatable bonds is 5. The summed E-state index contributed by atoms with van der Waals surface area (Å²) in [5.41, 5.74) is 6.36. The van der Waals surface area contributed by atoms with Crippen LogP contribution in [0.5, 0.6) is 0 Å². The first-order valence-corrected chi connectivity index (χ1v) is 9.52. The summed E-state index contributed by atoms with van der Waals surface area (Å²) < 4.78 is 47.8. The number of hydrogen-bond donors (Lipinski definition) is 1. The van der Waals surface area contributed by atoms with Crippen LogP contribution in [0.15, 0.2) is 17.0 Å². The lowest BCUT2D eigenvalue weighted by atomic mass is 10.2. The molecular weight excluding hydrogens is 324 g/mol. The minimum atomic E-state index is -3.79. The minimum Gasteiger partial charge on any atom is -0.397 e. The van der Waals surface area contributed by atoms with Crippen molar-refractivity contribution in [1.29, 1.82) is 0 Å². The maximum atomic E-state index is 12.3. The van der Waals surface area contributed by atoms with E-state index in [1.54, 1.807) is 6.92 Å². The van der Waals surface area contributed by atoms with Crippen molar-refractivity contribution in [3.63, 3.8) is 0 Å². The highest BCUT2D eigenvalue weighted by Crippen LogP contribution is 2.27. The number of nitrogens with zero attached hydrogens (tertiary/aromatic N) is 1. The van der Waals surface area contributed by atoms with Crippen LogP contribution in [0.2, 0.25) is 5.02 Å². The zero-order chi connectivity index (χ0) is 15.7. The lowest BCUT2D eigenvalue weighted by Gasteiger charge is -2.17. The molecule has 0 atom stereocenters. The molecule has 0 amide bonds. The Morgan fingerprint density at radius 1 is 1.25 bits per heavy atom. The molecule has 1 aromatic carbocycles. The summed E-state index contributed by atoms with van der Waals surface area (Å²) in [6, 6.07) is 2.67. The van der Waals surface area contributed by atoms with Crippen molar-refractivity contribution in [2.75, 3.05) is 31.3 Å². The van der Waals surface area contributed by atoms with Crippen LogP contribution >= 0.6 is 11.6 Å². The second kappa shape index (κ2) is 5.88. The Kier molecular flexibility index (Phi) is 5.07. The van der Waals surface area contributed by atoms with Crippen LogP contribution in [0.4, 0.5) is 5.69 Å². The zero-order valence-electron chi connectivity index (χ0n) is 11.4. The maximum Gasteiger partial charge on any atom is 0.242 e. The number of aryl methyl sites for hydroxylation is 1. The summed E-state index contributed by atoms with van der Waals surface area (Å²) in [7, 11) is -5.71. The Morgan fingerprint density at radius 3 is 2.25 bits per heavy atom. The summed E-state index contributed by atoms with van der Waals surface area (Å²) >= 11 is 5.89. The molecule has 0 aliphatic rings. The van der Waals surface area contributed by atoms with Gasteiger partial charge in [0.1, 0.15) is 9.84 Å². The molecule has 0 aliphatic carbocycles. The molecule has 0 heterocycles. The molecule has 114 valence electrons. The summed E-state index contributed by atoms with van der Waals surface area (Å²) in [6.07, 6.45) is 1.05. The van der Waals surface area contributed by atoms with E-state index < -0.39 is 19.9 Å². The van der Waals surface area contributed by atoms with Crippen molar-refractivity contribution >= 4 is 37.1 Å². The Bertz CT molecular complexity index is 691. The van der Waals surface area contributed by atoms with E-state index in [4.69, 9.17) is 17.3 Å². The summed E-state index contributed by atoms with van der Waals surface area (Å²) in [6.45, 7) is 1.52. The molecule has 0 saturated carbocycles. The summed E-state index contributed by atoms with van der Waals surface area (Å²) in [5, 5.41) is 0.308. The predicted octanol–water partition coefficient (Wildman–Crippen LogP) is 0.896. The fourth-order valence-corrected chi connectivity index (χ4v) is 3.63. The molecule has 0 saturated heterocycles. The first-order valence-electron chi connectivity index (χ1n) is 5.65. The van der Waals surface area contributed by atoms with Crippen LogP contribution in [-0.4, -0.2) is 46.7 Å². The largest absolute Gasteiger partial charge is 0.397 e. The fourth-order valence-electron chi connectivity index (χ4n) is 1.51. The van der Waals surface area contributed by atoms with Gasteiger partial charge in [-0.05, 0) is 24.6 Å². The topological polar surface area (TPSA) is 97.5 Å². The van der Waals surface area contributed by atoms with Gasteiger partial charge in [0.25, 0.3) is 0 Å². The van der Waals surface area contributed by atoms with E-state index in [0.717, 1.165) is 10.6 Å². The number of sulfone groups is 1. The van der Waals surface area contributed by atoms with E-state index in [0.29, 0.717) is 10.6 Å². The molecule has 0 aromatic heterocycles. The molecular formula is C11H17ClN2O4S2. The highest BCUT2D eigenvalue weighted by atomic mass is 35.5. The number of hydrogen-bond acceptors (Lipinski definition) is 5. The number of benzene rings is 1. The average molecular weight is 341 g/mol. The highest BCUT2D eigenvalue weighted by Gasteiger charge is 2.23. The SMILES string of the molecule is Cc1cc(S(=O)(=O)N(C)CCS(C)(=O)=O)cc(N)c1Cl. The molecule has 9 heteroatoms. The van der Waals surface area contributed by atoms with Crippen molar-refractivity contribution in [1.82, 2.24) is 4.31 Å². The second-order valence-corrected chi connectivity index (χ2v) is 9.28. The van der Waals surface area contributed by atoms with Gasteiger partial charge in [-0.15, -0.1) is 0 Å². The first-order chi connectivity index (χ1) is 8.95. The molecule has 0 unspecified atom stereocenters. The molecule has 0 radical (unpaired) electrons. The van der Waals surface area contributed by atoms with Crippen molar-refractivity contribution in [3.8, 4) is 0 Å². The average Bonchev–Trinajstić information content (AvgIpc) is 2.31. The minimum absolute atomic E-state index is 0.00657. The third-order valence-corrected chi connectivity index (χ3v) is 6.02. The van der Waals surface area contributed by atoms with Gasteiger partial charge in [-0.1, -0.05) is 11.6 Å². The Balaban J connectivity index is 3.11. The van der Waals surface area contributed by atoms with E-state index >= 15 is 0 Å². The van der Waals surface area contributed by atoms with Crippen molar-refractivity contribution in [3.05, 3.63) is 22.7 Å². The number of halogens is 1. The molecule has 0 fully saturated rings. The number of nitrogen functional groups attached to an aromatic ring is 1. The lowest BCUT2D eigenvalue weighted by Crippen LogP contribution is -2.31. The quantitative estimate of drug-likeness (QED) is 0.803. The highest BCUT2D eigenvalue weighted by molar-refractivity contribution is 7.91. The Labute approximate surface area is 124 Å². The molecule has 1 rings (SSSR count). The van der Waals surface area contributed by atoms with Crippen LogP contribution in [0.3, 0.4) is 0 Å². The van der Waals surface area contributed by atoms with Crippen LogP contribution in [-0.2, 0) is 19.9 Å². The van der Waals surface area contributed by atoms with Crippen LogP contribution in [0.1, 0.15) is 5.56 Å². The van der Waals surface area contributed by atoms with Crippen molar-refractivity contribution < 1.29 is 16.8 Å². The van der Waals surface area contributed by atoms with Gasteiger partial charge in [0.2, 0.25) is 10.0 Å².